The Hall–Kier alpha value is -1.31. The summed E-state index contributed by atoms with van der Waals surface area (Å²) in [6.07, 6.45) is 4.94. The fourth-order valence-corrected chi connectivity index (χ4v) is 4.31. The predicted octanol–water partition coefficient (Wildman–Crippen LogP) is 1.33. The van der Waals surface area contributed by atoms with E-state index >= 15 is 0 Å². The van der Waals surface area contributed by atoms with Gasteiger partial charge in [0.1, 0.15) is 11.4 Å². The Balaban J connectivity index is 2.65. The number of sulfonamides is 1. The molecule has 0 saturated heterocycles. The lowest BCUT2D eigenvalue weighted by Gasteiger charge is -2.10. The van der Waals surface area contributed by atoms with Gasteiger partial charge < -0.3 is 10.1 Å². The quantitative estimate of drug-likeness (QED) is 0.475. The number of hydrogen-bond acceptors (Lipinski definition) is 5. The number of esters is 1. The van der Waals surface area contributed by atoms with Crippen molar-refractivity contribution in [3.05, 3.63) is 26.7 Å². The molecule has 130 valence electrons. The normalized spacial score (nSPS) is 10.8. The van der Waals surface area contributed by atoms with Crippen LogP contribution in [-0.2, 0) is 24.3 Å². The second-order valence-corrected chi connectivity index (χ2v) is 7.60. The molecule has 1 amide bonds. The minimum absolute atomic E-state index is 0.0103. The second-order valence-electron chi connectivity index (χ2n) is 4.16. The van der Waals surface area contributed by atoms with Crippen LogP contribution < -0.4 is 10.0 Å². The third-order valence-electron chi connectivity index (χ3n) is 2.39. The number of halogens is 3. The maximum Gasteiger partial charge on any atom is 0.321 e. The zero-order valence-electron chi connectivity index (χ0n) is 11.9. The first-order chi connectivity index (χ1) is 11.2. The van der Waals surface area contributed by atoms with E-state index in [1.54, 1.807) is 0 Å². The number of carbonyl (C=O) groups excluding carboxylic acids is 2. The van der Waals surface area contributed by atoms with Crippen LogP contribution in [0.25, 0.3) is 0 Å². The number of carbonyl (C=O) groups is 2. The molecule has 2 N–H and O–H groups in total. The van der Waals surface area contributed by atoms with Gasteiger partial charge in [0.25, 0.3) is 5.91 Å². The summed E-state index contributed by atoms with van der Waals surface area (Å²) >= 11 is 14.9. The molecule has 1 rings (SSSR count). The summed E-state index contributed by atoms with van der Waals surface area (Å²) in [5.41, 5.74) is 0. The van der Waals surface area contributed by atoms with Crippen LogP contribution in [0.5, 0.6) is 0 Å². The van der Waals surface area contributed by atoms with Gasteiger partial charge >= 0.3 is 5.97 Å². The number of amides is 1. The van der Waals surface area contributed by atoms with E-state index in [1.807, 2.05) is 4.72 Å². The Morgan fingerprint density at radius 2 is 1.88 bits per heavy atom. The van der Waals surface area contributed by atoms with E-state index in [2.05, 4.69) is 31.9 Å². The van der Waals surface area contributed by atoms with Crippen LogP contribution in [0.1, 0.15) is 0 Å². The molecule has 11 heteroatoms. The van der Waals surface area contributed by atoms with Crippen LogP contribution in [0.2, 0.25) is 10.0 Å². The fraction of sp³-hybridized carbons (Fsp3) is 0.231. The molecule has 0 aliphatic rings. The van der Waals surface area contributed by atoms with E-state index in [4.69, 9.17) is 29.6 Å². The van der Waals surface area contributed by atoms with Crippen molar-refractivity contribution in [1.29, 1.82) is 0 Å². The number of terminal acetylenes is 1. The summed E-state index contributed by atoms with van der Waals surface area (Å²) in [6, 6.07) is 2.69. The van der Waals surface area contributed by atoms with Crippen LogP contribution in [-0.4, -0.2) is 40.0 Å². The van der Waals surface area contributed by atoms with E-state index in [0.29, 0.717) is 4.47 Å². The third kappa shape index (κ3) is 6.30. The van der Waals surface area contributed by atoms with E-state index in [9.17, 15) is 18.0 Å². The third-order valence-corrected chi connectivity index (χ3v) is 5.17. The summed E-state index contributed by atoms with van der Waals surface area (Å²) in [5.74, 6) is 0.604. The molecule has 0 saturated carbocycles. The Morgan fingerprint density at radius 3 is 2.42 bits per heavy atom. The molecule has 0 fully saturated rings. The van der Waals surface area contributed by atoms with Crippen molar-refractivity contribution < 1.29 is 22.7 Å². The molecule has 0 atom stereocenters. The van der Waals surface area contributed by atoms with Crippen LogP contribution >= 0.6 is 39.1 Å². The number of hydrogen-bond donors (Lipinski definition) is 2. The highest BCUT2D eigenvalue weighted by Gasteiger charge is 2.23. The highest BCUT2D eigenvalue weighted by Crippen LogP contribution is 2.32. The maximum atomic E-state index is 12.2. The molecule has 0 unspecified atom stereocenters. The summed E-state index contributed by atoms with van der Waals surface area (Å²) in [5, 5.41) is 2.03. The Bertz CT molecular complexity index is 769. The van der Waals surface area contributed by atoms with Gasteiger partial charge in [0.15, 0.2) is 6.61 Å². The Morgan fingerprint density at radius 1 is 1.29 bits per heavy atom. The van der Waals surface area contributed by atoms with E-state index in [1.165, 1.54) is 12.1 Å². The monoisotopic (exact) mass is 456 g/mol. The molecule has 24 heavy (non-hydrogen) atoms. The van der Waals surface area contributed by atoms with E-state index < -0.39 is 35.1 Å². The van der Waals surface area contributed by atoms with Gasteiger partial charge in [0.05, 0.1) is 16.6 Å². The number of nitrogens with one attached hydrogen (secondary N) is 2. The van der Waals surface area contributed by atoms with Crippen molar-refractivity contribution >= 4 is 61.0 Å². The number of benzene rings is 1. The van der Waals surface area contributed by atoms with Crippen molar-refractivity contribution in [2.45, 2.75) is 4.90 Å². The molecule has 0 aliphatic heterocycles. The standard InChI is InChI=1S/C13H11BrCl2N2O5S/c1-2-3-17-11(19)7-23-12(20)6-18-24(21,22)13-9(15)4-8(14)5-10(13)16/h1,4-5,18H,3,6-7H2,(H,17,19). The van der Waals surface area contributed by atoms with E-state index in [0.717, 1.165) is 0 Å². The molecule has 0 aromatic heterocycles. The molecule has 0 bridgehead atoms. The van der Waals surface area contributed by atoms with Gasteiger partial charge in [0, 0.05) is 4.47 Å². The minimum Gasteiger partial charge on any atom is -0.455 e. The van der Waals surface area contributed by atoms with Gasteiger partial charge in [0.2, 0.25) is 10.0 Å². The number of rotatable bonds is 7. The molecule has 1 aromatic rings. The Kier molecular flexibility index (Phi) is 7.99. The Labute approximate surface area is 157 Å². The van der Waals surface area contributed by atoms with Crippen LogP contribution in [0.15, 0.2) is 21.5 Å². The highest BCUT2D eigenvalue weighted by molar-refractivity contribution is 9.10. The predicted molar refractivity (Wildman–Crippen MR) is 92.2 cm³/mol. The molecule has 0 spiro atoms. The van der Waals surface area contributed by atoms with E-state index in [-0.39, 0.29) is 21.5 Å². The first kappa shape index (κ1) is 20.7. The van der Waals surface area contributed by atoms with Crippen molar-refractivity contribution in [3.8, 4) is 12.3 Å². The van der Waals surface area contributed by atoms with Gasteiger partial charge in [-0.05, 0) is 12.1 Å². The smallest absolute Gasteiger partial charge is 0.321 e. The van der Waals surface area contributed by atoms with Gasteiger partial charge in [-0.25, -0.2) is 8.42 Å². The zero-order valence-corrected chi connectivity index (χ0v) is 15.9. The average molecular weight is 458 g/mol. The topological polar surface area (TPSA) is 102 Å². The lowest BCUT2D eigenvalue weighted by Crippen LogP contribution is -2.34. The summed E-state index contributed by atoms with van der Waals surface area (Å²) < 4.78 is 31.4. The SMILES string of the molecule is C#CCNC(=O)COC(=O)CNS(=O)(=O)c1c(Cl)cc(Br)cc1Cl. The molecule has 0 radical (unpaired) electrons. The molecular formula is C13H11BrCl2N2O5S. The van der Waals surface area contributed by atoms with Gasteiger partial charge in [-0.15, -0.1) is 6.42 Å². The van der Waals surface area contributed by atoms with Crippen LogP contribution in [0.3, 0.4) is 0 Å². The van der Waals surface area contributed by atoms with Crippen molar-refractivity contribution in [1.82, 2.24) is 10.0 Å². The fourth-order valence-electron chi connectivity index (χ4n) is 1.41. The second kappa shape index (κ2) is 9.25. The van der Waals surface area contributed by atoms with Gasteiger partial charge in [-0.1, -0.05) is 45.1 Å². The maximum absolute atomic E-state index is 12.2. The largest absolute Gasteiger partial charge is 0.455 e. The zero-order chi connectivity index (χ0) is 18.3. The van der Waals surface area contributed by atoms with Crippen molar-refractivity contribution in [3.63, 3.8) is 0 Å². The summed E-state index contributed by atoms with van der Waals surface area (Å²) in [7, 11) is -4.15. The van der Waals surface area contributed by atoms with Gasteiger partial charge in [-0.3, -0.25) is 9.59 Å². The number of ether oxygens (including phenoxy) is 1. The van der Waals surface area contributed by atoms with Crippen LogP contribution in [0, 0.1) is 12.3 Å². The molecule has 0 heterocycles. The molecule has 1 aromatic carbocycles. The first-order valence-corrected chi connectivity index (χ1v) is 9.20. The first-order valence-electron chi connectivity index (χ1n) is 6.17. The van der Waals surface area contributed by atoms with Gasteiger partial charge in [-0.2, -0.15) is 4.72 Å². The highest BCUT2D eigenvalue weighted by atomic mass is 79.9. The van der Waals surface area contributed by atoms with Crippen molar-refractivity contribution in [2.24, 2.45) is 0 Å². The van der Waals surface area contributed by atoms with Crippen molar-refractivity contribution in [2.75, 3.05) is 19.7 Å². The summed E-state index contributed by atoms with van der Waals surface area (Å²) in [4.78, 5) is 22.3. The average Bonchev–Trinajstić information content (AvgIpc) is 2.47. The lowest BCUT2D eigenvalue weighted by atomic mass is 10.4. The molecule has 0 aliphatic carbocycles. The molecule has 7 nitrogen and oxygen atoms in total. The molecular weight excluding hydrogens is 447 g/mol. The van der Waals surface area contributed by atoms with Crippen LogP contribution in [0.4, 0.5) is 0 Å². The minimum atomic E-state index is -4.15. The lowest BCUT2D eigenvalue weighted by molar-refractivity contribution is -0.147. The summed E-state index contributed by atoms with van der Waals surface area (Å²) in [6.45, 7) is -1.29.